The first kappa shape index (κ1) is 8.83. The van der Waals surface area contributed by atoms with Gasteiger partial charge in [0, 0.05) is 6.07 Å². The summed E-state index contributed by atoms with van der Waals surface area (Å²) >= 11 is 5.80. The van der Waals surface area contributed by atoms with Crippen LogP contribution >= 0.6 is 11.6 Å². The molecule has 14 heavy (non-hydrogen) atoms. The Morgan fingerprint density at radius 3 is 2.93 bits per heavy atom. The first-order chi connectivity index (χ1) is 6.70. The topological polar surface area (TPSA) is 68.9 Å². The van der Waals surface area contributed by atoms with Gasteiger partial charge in [-0.3, -0.25) is 10.1 Å². The highest BCUT2D eigenvalue weighted by Crippen LogP contribution is 2.29. The van der Waals surface area contributed by atoms with Crippen LogP contribution in [0.1, 0.15) is 0 Å². The van der Waals surface area contributed by atoms with Crippen LogP contribution in [0.4, 0.5) is 5.69 Å². The molecule has 0 N–H and O–H groups in total. The van der Waals surface area contributed by atoms with E-state index in [1.807, 2.05) is 0 Å². The van der Waals surface area contributed by atoms with Gasteiger partial charge >= 0.3 is 0 Å². The molecule has 2 aromatic rings. The third kappa shape index (κ3) is 1.27. The zero-order valence-electron chi connectivity index (χ0n) is 6.85. The summed E-state index contributed by atoms with van der Waals surface area (Å²) in [6.07, 6.45) is 1.29. The van der Waals surface area contributed by atoms with Crippen LogP contribution in [0.25, 0.3) is 10.9 Å². The molecule has 70 valence electrons. The molecule has 0 radical (unpaired) electrons. The van der Waals surface area contributed by atoms with Gasteiger partial charge in [0.15, 0.2) is 0 Å². The molecule has 0 amide bonds. The Kier molecular flexibility index (Phi) is 2.01. The largest absolute Gasteiger partial charge is 0.280 e. The van der Waals surface area contributed by atoms with Crippen LogP contribution in [-0.2, 0) is 0 Å². The van der Waals surface area contributed by atoms with E-state index in [1.165, 1.54) is 12.3 Å². The first-order valence-corrected chi connectivity index (χ1v) is 4.12. The van der Waals surface area contributed by atoms with Crippen molar-refractivity contribution in [3.63, 3.8) is 0 Å². The second-order valence-electron chi connectivity index (χ2n) is 2.62. The highest BCUT2D eigenvalue weighted by atomic mass is 35.5. The molecule has 0 bridgehead atoms. The molecule has 1 aromatic heterocycles. The molecule has 0 spiro atoms. The summed E-state index contributed by atoms with van der Waals surface area (Å²) in [7, 11) is 0. The molecule has 0 atom stereocenters. The molecular weight excluding hydrogens is 206 g/mol. The average molecular weight is 210 g/mol. The molecule has 0 aliphatic rings. The number of fused-ring (bicyclic) bond motifs is 1. The Labute approximate surface area is 83.5 Å². The third-order valence-corrected chi connectivity index (χ3v) is 2.08. The Bertz CT molecular complexity index is 510. The van der Waals surface area contributed by atoms with Crippen LogP contribution in [0.2, 0.25) is 5.02 Å². The number of halogens is 1. The SMILES string of the molecule is O=[N+]([O-])c1cccc2nncc(Cl)c12. The minimum absolute atomic E-state index is 0.0533. The zero-order chi connectivity index (χ0) is 10.1. The van der Waals surface area contributed by atoms with Crippen molar-refractivity contribution in [1.82, 2.24) is 10.2 Å². The second kappa shape index (κ2) is 3.19. The number of nitro benzene ring substituents is 1. The fourth-order valence-corrected chi connectivity index (χ4v) is 1.45. The van der Waals surface area contributed by atoms with E-state index < -0.39 is 4.92 Å². The number of benzene rings is 1. The summed E-state index contributed by atoms with van der Waals surface area (Å²) in [5, 5.41) is 18.6. The number of aromatic nitrogens is 2. The maximum atomic E-state index is 10.7. The average Bonchev–Trinajstić information content (AvgIpc) is 2.17. The van der Waals surface area contributed by atoms with Crippen LogP contribution in [0.3, 0.4) is 0 Å². The van der Waals surface area contributed by atoms with E-state index in [9.17, 15) is 10.1 Å². The maximum absolute atomic E-state index is 10.7. The van der Waals surface area contributed by atoms with Gasteiger partial charge in [-0.15, -0.1) is 0 Å². The van der Waals surface area contributed by atoms with E-state index in [0.29, 0.717) is 10.9 Å². The van der Waals surface area contributed by atoms with Crippen molar-refractivity contribution in [3.8, 4) is 0 Å². The highest BCUT2D eigenvalue weighted by Gasteiger charge is 2.14. The second-order valence-corrected chi connectivity index (χ2v) is 3.03. The molecule has 2 rings (SSSR count). The van der Waals surface area contributed by atoms with E-state index in [2.05, 4.69) is 10.2 Å². The molecule has 5 nitrogen and oxygen atoms in total. The fourth-order valence-electron chi connectivity index (χ4n) is 1.21. The molecule has 0 unspecified atom stereocenters. The summed E-state index contributed by atoms with van der Waals surface area (Å²) in [4.78, 5) is 10.2. The van der Waals surface area contributed by atoms with Gasteiger partial charge in [0.1, 0.15) is 10.9 Å². The monoisotopic (exact) mass is 209 g/mol. The smallest absolute Gasteiger partial charge is 0.258 e. The maximum Gasteiger partial charge on any atom is 0.280 e. The van der Waals surface area contributed by atoms with E-state index in [4.69, 9.17) is 11.6 Å². The van der Waals surface area contributed by atoms with E-state index in [0.717, 1.165) is 0 Å². The van der Waals surface area contributed by atoms with Crippen molar-refractivity contribution in [2.45, 2.75) is 0 Å². The lowest BCUT2D eigenvalue weighted by atomic mass is 10.2. The summed E-state index contributed by atoms with van der Waals surface area (Å²) < 4.78 is 0. The summed E-state index contributed by atoms with van der Waals surface area (Å²) in [5.74, 6) is 0. The zero-order valence-corrected chi connectivity index (χ0v) is 7.60. The molecule has 6 heteroatoms. The van der Waals surface area contributed by atoms with Crippen molar-refractivity contribution < 1.29 is 4.92 Å². The number of hydrogen-bond donors (Lipinski definition) is 0. The predicted molar refractivity (Wildman–Crippen MR) is 51.2 cm³/mol. The van der Waals surface area contributed by atoms with Crippen molar-refractivity contribution in [1.29, 1.82) is 0 Å². The molecule has 0 aliphatic carbocycles. The molecule has 0 saturated heterocycles. The minimum Gasteiger partial charge on any atom is -0.258 e. The van der Waals surface area contributed by atoms with Gasteiger partial charge in [-0.1, -0.05) is 17.7 Å². The Morgan fingerprint density at radius 2 is 2.21 bits per heavy atom. The highest BCUT2D eigenvalue weighted by molar-refractivity contribution is 6.35. The number of rotatable bonds is 1. The van der Waals surface area contributed by atoms with Crippen molar-refractivity contribution in [3.05, 3.63) is 39.5 Å². The van der Waals surface area contributed by atoms with Gasteiger partial charge in [0.2, 0.25) is 0 Å². The summed E-state index contributed by atoms with van der Waals surface area (Å²) in [5.41, 5.74) is 0.370. The molecular formula is C8H4ClN3O2. The lowest BCUT2D eigenvalue weighted by Gasteiger charge is -1.98. The standard InChI is InChI=1S/C8H4ClN3O2/c9-5-4-10-11-6-2-1-3-7(8(5)6)12(13)14/h1-4H. The van der Waals surface area contributed by atoms with Gasteiger partial charge in [-0.25, -0.2) is 0 Å². The van der Waals surface area contributed by atoms with Gasteiger partial charge in [0.25, 0.3) is 5.69 Å². The third-order valence-electron chi connectivity index (χ3n) is 1.79. The molecule has 0 fully saturated rings. The Morgan fingerprint density at radius 1 is 1.43 bits per heavy atom. The lowest BCUT2D eigenvalue weighted by molar-refractivity contribution is -0.383. The van der Waals surface area contributed by atoms with E-state index in [1.54, 1.807) is 12.1 Å². The van der Waals surface area contributed by atoms with E-state index in [-0.39, 0.29) is 10.7 Å². The van der Waals surface area contributed by atoms with E-state index >= 15 is 0 Å². The summed E-state index contributed by atoms with van der Waals surface area (Å²) in [6.45, 7) is 0. The van der Waals surface area contributed by atoms with Crippen LogP contribution < -0.4 is 0 Å². The van der Waals surface area contributed by atoms with Gasteiger partial charge in [-0.2, -0.15) is 10.2 Å². The van der Waals surface area contributed by atoms with Crippen LogP contribution in [0, 0.1) is 10.1 Å². The van der Waals surface area contributed by atoms with Crippen molar-refractivity contribution in [2.75, 3.05) is 0 Å². The lowest BCUT2D eigenvalue weighted by Crippen LogP contribution is -1.92. The Hall–Kier alpha value is -1.75. The molecule has 1 aromatic carbocycles. The number of nitro groups is 1. The quantitative estimate of drug-likeness (QED) is 0.533. The number of nitrogens with zero attached hydrogens (tertiary/aromatic N) is 3. The van der Waals surface area contributed by atoms with Crippen molar-refractivity contribution >= 4 is 28.2 Å². The minimum atomic E-state index is -0.490. The number of non-ortho nitro benzene ring substituents is 1. The van der Waals surface area contributed by atoms with Gasteiger partial charge < -0.3 is 0 Å². The van der Waals surface area contributed by atoms with Crippen LogP contribution in [-0.4, -0.2) is 15.1 Å². The summed E-state index contributed by atoms with van der Waals surface area (Å²) in [6, 6.07) is 4.56. The first-order valence-electron chi connectivity index (χ1n) is 3.74. The van der Waals surface area contributed by atoms with Gasteiger partial charge in [-0.05, 0) is 6.07 Å². The molecule has 1 heterocycles. The fraction of sp³-hybridized carbons (Fsp3) is 0. The molecule has 0 aliphatic heterocycles. The van der Waals surface area contributed by atoms with Crippen LogP contribution in [0.5, 0.6) is 0 Å². The Balaban J connectivity index is 2.91. The molecule has 0 saturated carbocycles. The number of hydrogen-bond acceptors (Lipinski definition) is 4. The van der Waals surface area contributed by atoms with Gasteiger partial charge in [0.05, 0.1) is 16.1 Å². The predicted octanol–water partition coefficient (Wildman–Crippen LogP) is 2.19. The van der Waals surface area contributed by atoms with Crippen LogP contribution in [0.15, 0.2) is 24.4 Å². The normalized spacial score (nSPS) is 10.4. The van der Waals surface area contributed by atoms with Crippen molar-refractivity contribution in [2.24, 2.45) is 0 Å².